The molecule has 1 heterocycles. The van der Waals surface area contributed by atoms with Crippen LogP contribution in [0.1, 0.15) is 5.56 Å². The summed E-state index contributed by atoms with van der Waals surface area (Å²) in [6.45, 7) is 2.08. The van der Waals surface area contributed by atoms with Gasteiger partial charge in [0.1, 0.15) is 0 Å². The molecule has 2 aromatic carbocycles. The normalized spacial score (nSPS) is 10.6. The Labute approximate surface area is 112 Å². The number of aromatic amines is 1. The molecule has 1 aromatic heterocycles. The molecule has 0 radical (unpaired) electrons. The number of anilines is 1. The lowest BCUT2D eigenvalue weighted by atomic mass is 10.1. The monoisotopic (exact) mass is 249 g/mol. The van der Waals surface area contributed by atoms with Crippen LogP contribution in [-0.4, -0.2) is 10.2 Å². The van der Waals surface area contributed by atoms with E-state index in [1.54, 1.807) is 0 Å². The Morgan fingerprint density at radius 2 is 1.74 bits per heavy atom. The largest absolute Gasteiger partial charge is 0.399 e. The first-order chi connectivity index (χ1) is 9.22. The molecule has 0 aliphatic rings. The number of nitrogens with two attached hydrogens (primary N) is 1. The topological polar surface area (TPSA) is 54.7 Å². The van der Waals surface area contributed by atoms with Crippen LogP contribution in [0.3, 0.4) is 0 Å². The highest BCUT2D eigenvalue weighted by Gasteiger charge is 2.05. The van der Waals surface area contributed by atoms with Gasteiger partial charge in [0.05, 0.1) is 11.4 Å². The van der Waals surface area contributed by atoms with E-state index in [-0.39, 0.29) is 0 Å². The minimum atomic E-state index is 0.748. The average Bonchev–Trinajstić information content (AvgIpc) is 2.89. The van der Waals surface area contributed by atoms with E-state index in [4.69, 9.17) is 5.73 Å². The molecule has 0 aliphatic heterocycles. The number of hydrogen-bond donors (Lipinski definition) is 2. The third kappa shape index (κ3) is 2.36. The molecule has 94 valence electrons. The Kier molecular flexibility index (Phi) is 2.80. The number of H-pyrrole nitrogens is 1. The average molecular weight is 249 g/mol. The van der Waals surface area contributed by atoms with Crippen LogP contribution in [0, 0.1) is 6.92 Å². The zero-order valence-corrected chi connectivity index (χ0v) is 10.7. The van der Waals surface area contributed by atoms with Crippen LogP contribution in [0.4, 0.5) is 5.69 Å². The summed E-state index contributed by atoms with van der Waals surface area (Å²) in [4.78, 5) is 0. The number of rotatable bonds is 2. The van der Waals surface area contributed by atoms with Gasteiger partial charge in [-0.2, -0.15) is 5.10 Å². The summed E-state index contributed by atoms with van der Waals surface area (Å²) in [6.07, 6.45) is 0. The third-order valence-corrected chi connectivity index (χ3v) is 3.12. The summed E-state index contributed by atoms with van der Waals surface area (Å²) in [5.41, 5.74) is 11.9. The zero-order chi connectivity index (χ0) is 13.2. The molecule has 3 heteroatoms. The van der Waals surface area contributed by atoms with E-state index in [1.807, 2.05) is 30.3 Å². The van der Waals surface area contributed by atoms with Crippen LogP contribution < -0.4 is 5.73 Å². The number of nitrogen functional groups attached to an aromatic ring is 1. The molecule has 3 N–H and O–H groups in total. The van der Waals surface area contributed by atoms with Gasteiger partial charge < -0.3 is 5.73 Å². The number of benzene rings is 2. The lowest BCUT2D eigenvalue weighted by Gasteiger charge is -1.98. The van der Waals surface area contributed by atoms with Gasteiger partial charge in [-0.3, -0.25) is 5.10 Å². The molecule has 3 rings (SSSR count). The molecule has 0 spiro atoms. The fourth-order valence-corrected chi connectivity index (χ4v) is 2.05. The Hall–Kier alpha value is -2.55. The van der Waals surface area contributed by atoms with Crippen LogP contribution in [0.5, 0.6) is 0 Å². The van der Waals surface area contributed by atoms with Gasteiger partial charge in [0.25, 0.3) is 0 Å². The maximum absolute atomic E-state index is 5.79. The van der Waals surface area contributed by atoms with Gasteiger partial charge in [0.2, 0.25) is 0 Å². The van der Waals surface area contributed by atoms with E-state index < -0.39 is 0 Å². The molecule has 0 saturated carbocycles. The van der Waals surface area contributed by atoms with E-state index in [2.05, 4.69) is 41.4 Å². The number of aromatic nitrogens is 2. The molecule has 3 nitrogen and oxygen atoms in total. The summed E-state index contributed by atoms with van der Waals surface area (Å²) in [6, 6.07) is 18.1. The fourth-order valence-electron chi connectivity index (χ4n) is 2.05. The molecule has 0 saturated heterocycles. The summed E-state index contributed by atoms with van der Waals surface area (Å²) in [5.74, 6) is 0. The highest BCUT2D eigenvalue weighted by Crippen LogP contribution is 2.24. The number of nitrogens with one attached hydrogen (secondary N) is 1. The minimum Gasteiger partial charge on any atom is -0.399 e. The van der Waals surface area contributed by atoms with Gasteiger partial charge >= 0.3 is 0 Å². The molecular formula is C16H15N3. The highest BCUT2D eigenvalue weighted by molar-refractivity contribution is 5.70. The SMILES string of the molecule is Cc1ccc(-c2cc(-c3cccc(N)c3)n[nH]2)cc1. The predicted molar refractivity (Wildman–Crippen MR) is 78.6 cm³/mol. The summed E-state index contributed by atoms with van der Waals surface area (Å²) < 4.78 is 0. The predicted octanol–water partition coefficient (Wildman–Crippen LogP) is 3.63. The Morgan fingerprint density at radius 1 is 0.947 bits per heavy atom. The first-order valence-electron chi connectivity index (χ1n) is 6.21. The summed E-state index contributed by atoms with van der Waals surface area (Å²) in [5, 5.41) is 7.41. The Morgan fingerprint density at radius 3 is 2.47 bits per heavy atom. The van der Waals surface area contributed by atoms with E-state index in [9.17, 15) is 0 Å². The van der Waals surface area contributed by atoms with E-state index in [0.717, 1.165) is 28.2 Å². The Balaban J connectivity index is 1.97. The Bertz CT molecular complexity index is 696. The maximum atomic E-state index is 5.79. The molecule has 0 unspecified atom stereocenters. The smallest absolute Gasteiger partial charge is 0.0927 e. The van der Waals surface area contributed by atoms with E-state index in [0.29, 0.717) is 0 Å². The minimum absolute atomic E-state index is 0.748. The maximum Gasteiger partial charge on any atom is 0.0927 e. The van der Waals surface area contributed by atoms with E-state index in [1.165, 1.54) is 5.56 Å². The van der Waals surface area contributed by atoms with Crippen molar-refractivity contribution in [2.75, 3.05) is 5.73 Å². The van der Waals surface area contributed by atoms with Gasteiger partial charge in [0, 0.05) is 11.3 Å². The third-order valence-electron chi connectivity index (χ3n) is 3.12. The van der Waals surface area contributed by atoms with Crippen LogP contribution >= 0.6 is 0 Å². The summed E-state index contributed by atoms with van der Waals surface area (Å²) in [7, 11) is 0. The number of nitrogens with zero attached hydrogens (tertiary/aromatic N) is 1. The number of hydrogen-bond acceptors (Lipinski definition) is 2. The van der Waals surface area contributed by atoms with Gasteiger partial charge in [0.15, 0.2) is 0 Å². The summed E-state index contributed by atoms with van der Waals surface area (Å²) >= 11 is 0. The molecular weight excluding hydrogens is 234 g/mol. The van der Waals surface area contributed by atoms with Crippen molar-refractivity contribution in [3.05, 3.63) is 60.2 Å². The van der Waals surface area contributed by atoms with Crippen molar-refractivity contribution in [3.63, 3.8) is 0 Å². The van der Waals surface area contributed by atoms with Crippen molar-refractivity contribution < 1.29 is 0 Å². The van der Waals surface area contributed by atoms with Gasteiger partial charge in [-0.15, -0.1) is 0 Å². The zero-order valence-electron chi connectivity index (χ0n) is 10.7. The van der Waals surface area contributed by atoms with Crippen LogP contribution in [0.2, 0.25) is 0 Å². The number of aryl methyl sites for hydroxylation is 1. The lowest BCUT2D eigenvalue weighted by Crippen LogP contribution is -1.84. The standard InChI is InChI=1S/C16H15N3/c1-11-5-7-12(8-6-11)15-10-16(19-18-15)13-3-2-4-14(17)9-13/h2-10H,17H2,1H3,(H,18,19). The van der Waals surface area contributed by atoms with Crippen LogP contribution in [0.15, 0.2) is 54.6 Å². The molecule has 3 aromatic rings. The van der Waals surface area contributed by atoms with Crippen LogP contribution in [-0.2, 0) is 0 Å². The molecule has 0 aliphatic carbocycles. The molecule has 0 fully saturated rings. The van der Waals surface area contributed by atoms with Gasteiger partial charge in [-0.1, -0.05) is 42.0 Å². The molecule has 0 atom stereocenters. The first-order valence-corrected chi connectivity index (χ1v) is 6.21. The fraction of sp³-hybridized carbons (Fsp3) is 0.0625. The van der Waals surface area contributed by atoms with Crippen molar-refractivity contribution in [3.8, 4) is 22.5 Å². The first kappa shape index (κ1) is 11.5. The van der Waals surface area contributed by atoms with E-state index >= 15 is 0 Å². The molecule has 19 heavy (non-hydrogen) atoms. The highest BCUT2D eigenvalue weighted by atomic mass is 15.1. The lowest BCUT2D eigenvalue weighted by molar-refractivity contribution is 1.10. The van der Waals surface area contributed by atoms with Gasteiger partial charge in [-0.25, -0.2) is 0 Å². The molecule has 0 bridgehead atoms. The second kappa shape index (κ2) is 4.61. The second-order valence-corrected chi connectivity index (χ2v) is 4.66. The molecule has 0 amide bonds. The van der Waals surface area contributed by atoms with Crippen molar-refractivity contribution in [1.29, 1.82) is 0 Å². The second-order valence-electron chi connectivity index (χ2n) is 4.66. The van der Waals surface area contributed by atoms with Crippen LogP contribution in [0.25, 0.3) is 22.5 Å². The van der Waals surface area contributed by atoms with Crippen molar-refractivity contribution in [2.24, 2.45) is 0 Å². The van der Waals surface area contributed by atoms with Crippen molar-refractivity contribution in [1.82, 2.24) is 10.2 Å². The van der Waals surface area contributed by atoms with Crippen molar-refractivity contribution >= 4 is 5.69 Å². The van der Waals surface area contributed by atoms with Crippen molar-refractivity contribution in [2.45, 2.75) is 6.92 Å². The van der Waals surface area contributed by atoms with Gasteiger partial charge in [-0.05, 0) is 30.7 Å². The quantitative estimate of drug-likeness (QED) is 0.681.